The molecule has 0 spiro atoms. The molecule has 12 heteroatoms. The van der Waals surface area contributed by atoms with Crippen LogP contribution in [0.15, 0.2) is 0 Å². The predicted octanol–water partition coefficient (Wildman–Crippen LogP) is -5.50. The summed E-state index contributed by atoms with van der Waals surface area (Å²) in [5.74, 6) is -4.54. The molecule has 0 heterocycles. The van der Waals surface area contributed by atoms with Crippen molar-refractivity contribution in [3.8, 4) is 0 Å². The molecular weight excluding hydrogens is 312 g/mol. The molecule has 130 valence electrons. The second-order valence-corrected chi connectivity index (χ2v) is 3.88. The maximum atomic E-state index is 10.5. The van der Waals surface area contributed by atoms with Crippen molar-refractivity contribution < 1.29 is 60.3 Å². The van der Waals surface area contributed by atoms with Crippen LogP contribution in [0, 0.1) is 0 Å². The first-order valence-corrected chi connectivity index (χ1v) is 5.61. The summed E-state index contributed by atoms with van der Waals surface area (Å²) in [6.45, 7) is -1.69. The molecule has 0 bridgehead atoms. The molecule has 2 unspecified atom stereocenters. The molecule has 0 saturated carbocycles. The van der Waals surface area contributed by atoms with Gasteiger partial charge in [0.15, 0.2) is 18.0 Å². The van der Waals surface area contributed by atoms with Gasteiger partial charge in [-0.25, -0.2) is 9.59 Å². The fourth-order valence-corrected chi connectivity index (χ4v) is 0.873. The summed E-state index contributed by atoms with van der Waals surface area (Å²) in [6.07, 6.45) is -9.75. The number of carboxylic acid groups (broad SMARTS) is 2. The molecule has 0 aromatic carbocycles. The van der Waals surface area contributed by atoms with Crippen LogP contribution in [0.3, 0.4) is 0 Å². The Morgan fingerprint density at radius 1 is 0.727 bits per heavy atom. The van der Waals surface area contributed by atoms with Crippen LogP contribution < -0.4 is 0 Å². The molecule has 0 radical (unpaired) electrons. The first kappa shape index (κ1) is 22.6. The van der Waals surface area contributed by atoms with E-state index in [4.69, 9.17) is 46.0 Å². The van der Waals surface area contributed by atoms with Crippen LogP contribution in [0.4, 0.5) is 0 Å². The highest BCUT2D eigenvalue weighted by Crippen LogP contribution is 2.00. The van der Waals surface area contributed by atoms with E-state index in [1.165, 1.54) is 0 Å². The third-order valence-electron chi connectivity index (χ3n) is 2.20. The number of carbonyl (C=O) groups excluding carboxylic acids is 1. The Bertz CT molecular complexity index is 351. The van der Waals surface area contributed by atoms with Crippen molar-refractivity contribution in [2.75, 3.05) is 13.2 Å². The summed E-state index contributed by atoms with van der Waals surface area (Å²) in [5, 5.41) is 75.6. The zero-order valence-corrected chi connectivity index (χ0v) is 11.1. The smallest absolute Gasteiger partial charge is 0.335 e. The highest BCUT2D eigenvalue weighted by atomic mass is 16.4. The Morgan fingerprint density at radius 2 is 1.09 bits per heavy atom. The van der Waals surface area contributed by atoms with Crippen LogP contribution in [0.25, 0.3) is 0 Å². The van der Waals surface area contributed by atoms with Gasteiger partial charge in [0.05, 0.1) is 6.61 Å². The fourth-order valence-electron chi connectivity index (χ4n) is 0.873. The second kappa shape index (κ2) is 11.0. The molecule has 12 nitrogen and oxygen atoms in total. The number of carbonyl (C=O) groups is 3. The molecule has 9 N–H and O–H groups in total. The van der Waals surface area contributed by atoms with Crippen LogP contribution in [0.5, 0.6) is 0 Å². The maximum absolute atomic E-state index is 10.5. The summed E-state index contributed by atoms with van der Waals surface area (Å²) in [5.41, 5.74) is 0. The second-order valence-electron chi connectivity index (χ2n) is 3.88. The van der Waals surface area contributed by atoms with Crippen molar-refractivity contribution in [1.82, 2.24) is 0 Å². The van der Waals surface area contributed by atoms with Crippen molar-refractivity contribution in [3.05, 3.63) is 0 Å². The van der Waals surface area contributed by atoms with Crippen molar-refractivity contribution in [3.63, 3.8) is 0 Å². The van der Waals surface area contributed by atoms with E-state index in [0.717, 1.165) is 0 Å². The van der Waals surface area contributed by atoms with Gasteiger partial charge >= 0.3 is 11.9 Å². The van der Waals surface area contributed by atoms with Crippen LogP contribution >= 0.6 is 0 Å². The zero-order valence-electron chi connectivity index (χ0n) is 11.1. The number of Topliss-reactive ketones (excluding diaryl/α,β-unsaturated/α-hetero) is 1. The van der Waals surface area contributed by atoms with Gasteiger partial charge in [0.1, 0.15) is 24.9 Å². The third-order valence-corrected chi connectivity index (χ3v) is 2.20. The van der Waals surface area contributed by atoms with E-state index in [1.54, 1.807) is 0 Å². The van der Waals surface area contributed by atoms with Gasteiger partial charge < -0.3 is 46.0 Å². The number of aliphatic hydroxyl groups excluding tert-OH is 7. The van der Waals surface area contributed by atoms with Gasteiger partial charge in [-0.05, 0) is 0 Å². The molecule has 0 aromatic heterocycles. The van der Waals surface area contributed by atoms with Crippen molar-refractivity contribution >= 4 is 17.7 Å². The number of aliphatic hydroxyl groups is 7. The Kier molecular flexibility index (Phi) is 11.3. The SMILES string of the molecule is O=C(CO)[C@H](O)[C@@H](O)[C@H](O)CO.O=C(O)C(O)C(O)C(=O)O. The minimum absolute atomic E-state index is 0.767. The van der Waals surface area contributed by atoms with Crippen molar-refractivity contribution in [1.29, 1.82) is 0 Å². The Balaban J connectivity index is 0. The summed E-state index contributed by atoms with van der Waals surface area (Å²) in [6, 6.07) is 0. The molecule has 5 atom stereocenters. The molecular formula is C10H18O12. The predicted molar refractivity (Wildman–Crippen MR) is 64.5 cm³/mol. The summed E-state index contributed by atoms with van der Waals surface area (Å²) < 4.78 is 0. The standard InChI is InChI=1S/C6H12O6.C4H6O6/c7-1-3(9)5(11)6(12)4(10)2-8;5-1(3(7)8)2(6)4(9)10/h3,5-9,11-12H,1-2H2;1-2,5-6H,(H,7,8)(H,9,10)/t3-,5+,6+;/m1./s1. The van der Waals surface area contributed by atoms with Crippen LogP contribution in [-0.2, 0) is 14.4 Å². The number of rotatable bonds is 8. The van der Waals surface area contributed by atoms with Gasteiger partial charge in [0, 0.05) is 0 Å². The maximum Gasteiger partial charge on any atom is 0.335 e. The quantitative estimate of drug-likeness (QED) is 0.203. The van der Waals surface area contributed by atoms with Gasteiger partial charge in [0.25, 0.3) is 0 Å². The fraction of sp³-hybridized carbons (Fsp3) is 0.700. The number of ketones is 1. The largest absolute Gasteiger partial charge is 0.479 e. The first-order chi connectivity index (χ1) is 10.0. The normalized spacial score (nSPS) is 17.2. The topological polar surface area (TPSA) is 233 Å². The van der Waals surface area contributed by atoms with Gasteiger partial charge in [-0.2, -0.15) is 0 Å². The zero-order chi connectivity index (χ0) is 18.0. The highest BCUT2D eigenvalue weighted by Gasteiger charge is 2.29. The van der Waals surface area contributed by atoms with Gasteiger partial charge in [-0.15, -0.1) is 0 Å². The van der Waals surface area contributed by atoms with Gasteiger partial charge in [-0.1, -0.05) is 0 Å². The van der Waals surface area contributed by atoms with E-state index in [-0.39, 0.29) is 0 Å². The minimum Gasteiger partial charge on any atom is -0.479 e. The molecule has 0 saturated heterocycles. The molecule has 0 aliphatic rings. The monoisotopic (exact) mass is 330 g/mol. The summed E-state index contributed by atoms with van der Waals surface area (Å²) in [7, 11) is 0. The first-order valence-electron chi connectivity index (χ1n) is 5.61. The van der Waals surface area contributed by atoms with Gasteiger partial charge in [0.2, 0.25) is 0 Å². The number of hydrogen-bond acceptors (Lipinski definition) is 10. The molecule has 0 amide bonds. The Hall–Kier alpha value is -1.67. The number of hydrogen-bond donors (Lipinski definition) is 9. The molecule has 0 rings (SSSR count). The number of aliphatic carboxylic acids is 2. The van der Waals surface area contributed by atoms with E-state index in [2.05, 4.69) is 0 Å². The van der Waals surface area contributed by atoms with Gasteiger partial charge in [-0.3, -0.25) is 4.79 Å². The van der Waals surface area contributed by atoms with Crippen LogP contribution in [0.1, 0.15) is 0 Å². The van der Waals surface area contributed by atoms with E-state index in [0.29, 0.717) is 0 Å². The van der Waals surface area contributed by atoms with Crippen molar-refractivity contribution in [2.45, 2.75) is 30.5 Å². The number of carboxylic acids is 2. The van der Waals surface area contributed by atoms with Crippen LogP contribution in [0.2, 0.25) is 0 Å². The van der Waals surface area contributed by atoms with E-state index < -0.39 is 61.5 Å². The van der Waals surface area contributed by atoms with E-state index in [9.17, 15) is 14.4 Å². The summed E-state index contributed by atoms with van der Waals surface area (Å²) >= 11 is 0. The molecule has 0 fully saturated rings. The average molecular weight is 330 g/mol. The lowest BCUT2D eigenvalue weighted by Gasteiger charge is -2.19. The summed E-state index contributed by atoms with van der Waals surface area (Å²) in [4.78, 5) is 30.1. The lowest BCUT2D eigenvalue weighted by atomic mass is 10.1. The van der Waals surface area contributed by atoms with E-state index >= 15 is 0 Å². The van der Waals surface area contributed by atoms with Crippen molar-refractivity contribution in [2.24, 2.45) is 0 Å². The third kappa shape index (κ3) is 7.94. The average Bonchev–Trinajstić information content (AvgIpc) is 2.50. The minimum atomic E-state index is -2.27. The lowest BCUT2D eigenvalue weighted by Crippen LogP contribution is -2.44. The lowest BCUT2D eigenvalue weighted by molar-refractivity contribution is -0.165. The molecule has 0 aliphatic heterocycles. The molecule has 22 heavy (non-hydrogen) atoms. The Morgan fingerprint density at radius 3 is 1.32 bits per heavy atom. The van der Waals surface area contributed by atoms with E-state index in [1.807, 2.05) is 0 Å². The molecule has 0 aromatic rings. The highest BCUT2D eigenvalue weighted by molar-refractivity contribution is 5.84. The van der Waals surface area contributed by atoms with Crippen LogP contribution in [-0.4, -0.2) is 107 Å². The molecule has 0 aliphatic carbocycles. The Labute approximate surface area is 123 Å².